The Bertz CT molecular complexity index is 814. The molecule has 0 aliphatic carbocycles. The lowest BCUT2D eigenvalue weighted by molar-refractivity contribution is -0.389. The summed E-state index contributed by atoms with van der Waals surface area (Å²) in [5.41, 5.74) is -0.743. The summed E-state index contributed by atoms with van der Waals surface area (Å²) in [7, 11) is 0. The van der Waals surface area contributed by atoms with Gasteiger partial charge >= 0.3 is 5.69 Å². The highest BCUT2D eigenvalue weighted by atomic mass is 32.5. The van der Waals surface area contributed by atoms with E-state index in [0.29, 0.717) is 5.30 Å². The first-order chi connectivity index (χ1) is 11.4. The lowest BCUT2D eigenvalue weighted by Crippen LogP contribution is -2.12. The van der Waals surface area contributed by atoms with Crippen molar-refractivity contribution in [3.05, 3.63) is 68.8 Å². The number of hydrogen-bond donors (Lipinski definition) is 0. The summed E-state index contributed by atoms with van der Waals surface area (Å²) in [4.78, 5) is 20.8. The van der Waals surface area contributed by atoms with Crippen LogP contribution in [0.5, 0.6) is 5.75 Å². The molecule has 0 radical (unpaired) electrons. The molecule has 0 aromatic heterocycles. The largest absolute Gasteiger partial charge is 0.433 e. The van der Waals surface area contributed by atoms with Crippen LogP contribution in [0.4, 0.5) is 11.4 Å². The van der Waals surface area contributed by atoms with Crippen molar-refractivity contribution in [1.82, 2.24) is 0 Å². The van der Waals surface area contributed by atoms with Crippen LogP contribution >= 0.6 is 6.49 Å². The van der Waals surface area contributed by atoms with E-state index >= 15 is 0 Å². The average Bonchev–Trinajstić information content (AvgIpc) is 2.55. The minimum absolute atomic E-state index is 0.231. The third kappa shape index (κ3) is 3.94. The molecule has 1 atom stereocenters. The number of benzene rings is 2. The van der Waals surface area contributed by atoms with Gasteiger partial charge < -0.3 is 9.05 Å². The van der Waals surface area contributed by atoms with E-state index in [0.717, 1.165) is 18.2 Å². The molecule has 2 aromatic rings. The molecule has 0 heterocycles. The van der Waals surface area contributed by atoms with Crippen LogP contribution in [0.3, 0.4) is 0 Å². The van der Waals surface area contributed by atoms with Gasteiger partial charge in [0.1, 0.15) is 0 Å². The highest BCUT2D eigenvalue weighted by Gasteiger charge is 2.29. The standard InChI is InChI=1S/C14H13N2O6PS/c1-2-21-23(24,12-6-4-3-5-7-12)22-14-10-11(15(17)18)8-9-13(14)16(19)20/h3-10H,2H2,1H3. The van der Waals surface area contributed by atoms with E-state index in [1.54, 1.807) is 37.3 Å². The number of non-ortho nitro benzene ring substituents is 1. The van der Waals surface area contributed by atoms with Crippen LogP contribution in [-0.4, -0.2) is 16.5 Å². The molecule has 1 unspecified atom stereocenters. The second kappa shape index (κ2) is 7.48. The van der Waals surface area contributed by atoms with Crippen LogP contribution in [0.1, 0.15) is 6.92 Å². The summed E-state index contributed by atoms with van der Waals surface area (Å²) in [6.07, 6.45) is 0. The predicted octanol–water partition coefficient (Wildman–Crippen LogP) is 3.55. The van der Waals surface area contributed by atoms with Crippen LogP contribution < -0.4 is 9.83 Å². The average molecular weight is 368 g/mol. The molecule has 24 heavy (non-hydrogen) atoms. The monoisotopic (exact) mass is 368 g/mol. The van der Waals surface area contributed by atoms with Crippen molar-refractivity contribution in [3.63, 3.8) is 0 Å². The lowest BCUT2D eigenvalue weighted by Gasteiger charge is -2.22. The first-order valence-corrected chi connectivity index (χ1v) is 9.44. The second-order valence-corrected chi connectivity index (χ2v) is 7.90. The van der Waals surface area contributed by atoms with Crippen LogP contribution in [0.2, 0.25) is 0 Å². The SMILES string of the molecule is CCOP(=S)(Oc1cc([N+](=O)[O-])ccc1[N+](=O)[O-])c1ccccc1. The molecule has 10 heteroatoms. The topological polar surface area (TPSA) is 105 Å². The molecule has 0 N–H and O–H groups in total. The van der Waals surface area contributed by atoms with Crippen LogP contribution in [-0.2, 0) is 16.3 Å². The van der Waals surface area contributed by atoms with E-state index < -0.39 is 22.0 Å². The smallest absolute Gasteiger partial charge is 0.311 e. The highest BCUT2D eigenvalue weighted by molar-refractivity contribution is 8.13. The predicted molar refractivity (Wildman–Crippen MR) is 92.4 cm³/mol. The van der Waals surface area contributed by atoms with Gasteiger partial charge in [-0.2, -0.15) is 0 Å². The number of hydrogen-bond acceptors (Lipinski definition) is 7. The molecule has 0 saturated carbocycles. The maximum absolute atomic E-state index is 11.2. The molecule has 0 spiro atoms. The molecule has 0 saturated heterocycles. The minimum Gasteiger partial charge on any atom is -0.433 e. The van der Waals surface area contributed by atoms with E-state index in [1.807, 2.05) is 0 Å². The summed E-state index contributed by atoms with van der Waals surface area (Å²) < 4.78 is 11.2. The zero-order valence-electron chi connectivity index (χ0n) is 12.5. The first kappa shape index (κ1) is 18.0. The zero-order valence-corrected chi connectivity index (χ0v) is 14.2. The van der Waals surface area contributed by atoms with Gasteiger partial charge in [0.05, 0.1) is 22.5 Å². The number of nitro benzene ring substituents is 2. The van der Waals surface area contributed by atoms with Crippen molar-refractivity contribution in [1.29, 1.82) is 0 Å². The maximum Gasteiger partial charge on any atom is 0.311 e. The summed E-state index contributed by atoms with van der Waals surface area (Å²) in [6, 6.07) is 11.7. The van der Waals surface area contributed by atoms with Gasteiger partial charge in [-0.3, -0.25) is 20.2 Å². The molecule has 0 amide bonds. The van der Waals surface area contributed by atoms with Crippen LogP contribution in [0, 0.1) is 20.2 Å². The minimum atomic E-state index is -3.10. The van der Waals surface area contributed by atoms with E-state index in [9.17, 15) is 20.2 Å². The Labute approximate surface area is 142 Å². The summed E-state index contributed by atoms with van der Waals surface area (Å²) in [6.45, 7) is -1.16. The Morgan fingerprint density at radius 1 is 1.08 bits per heavy atom. The van der Waals surface area contributed by atoms with Gasteiger partial charge in [-0.25, -0.2) is 0 Å². The number of nitro groups is 2. The Morgan fingerprint density at radius 3 is 2.29 bits per heavy atom. The van der Waals surface area contributed by atoms with Crippen molar-refractivity contribution in [2.75, 3.05) is 6.61 Å². The van der Waals surface area contributed by atoms with Crippen molar-refractivity contribution < 1.29 is 18.9 Å². The van der Waals surface area contributed by atoms with Gasteiger partial charge in [0, 0.05) is 17.4 Å². The quantitative estimate of drug-likeness (QED) is 0.418. The number of nitrogens with zero attached hydrogens (tertiary/aromatic N) is 2. The molecule has 2 rings (SSSR count). The molecular formula is C14H13N2O6PS. The zero-order chi connectivity index (χ0) is 17.7. The Balaban J connectivity index is 2.53. The Kier molecular flexibility index (Phi) is 5.61. The fourth-order valence-corrected chi connectivity index (χ4v) is 4.42. The van der Waals surface area contributed by atoms with Crippen LogP contribution in [0.25, 0.3) is 0 Å². The normalized spacial score (nSPS) is 13.0. The van der Waals surface area contributed by atoms with Crippen molar-refractivity contribution in [2.24, 2.45) is 0 Å². The fourth-order valence-electron chi connectivity index (χ4n) is 1.90. The van der Waals surface area contributed by atoms with Gasteiger partial charge in [-0.15, -0.1) is 0 Å². The van der Waals surface area contributed by atoms with Gasteiger partial charge in [0.2, 0.25) is 5.75 Å². The third-order valence-corrected chi connectivity index (χ3v) is 6.08. The van der Waals surface area contributed by atoms with Crippen molar-refractivity contribution in [3.8, 4) is 5.75 Å². The molecule has 0 aliphatic heterocycles. The summed E-state index contributed by atoms with van der Waals surface area (Å²) in [5.74, 6) is -0.283. The van der Waals surface area contributed by atoms with E-state index in [-0.39, 0.29) is 18.0 Å². The molecule has 126 valence electrons. The third-order valence-electron chi connectivity index (χ3n) is 2.94. The van der Waals surface area contributed by atoms with E-state index in [1.165, 1.54) is 0 Å². The Morgan fingerprint density at radius 2 is 1.75 bits per heavy atom. The van der Waals surface area contributed by atoms with Crippen LogP contribution in [0.15, 0.2) is 48.5 Å². The molecule has 8 nitrogen and oxygen atoms in total. The molecule has 0 fully saturated rings. The summed E-state index contributed by atoms with van der Waals surface area (Å²) >= 11 is 5.48. The van der Waals surface area contributed by atoms with Gasteiger partial charge in [0.15, 0.2) is 0 Å². The van der Waals surface area contributed by atoms with Gasteiger partial charge in [0.25, 0.3) is 12.2 Å². The molecule has 0 bridgehead atoms. The van der Waals surface area contributed by atoms with E-state index in [2.05, 4.69) is 0 Å². The van der Waals surface area contributed by atoms with Gasteiger partial charge in [-0.1, -0.05) is 18.2 Å². The first-order valence-electron chi connectivity index (χ1n) is 6.80. The molecule has 0 aliphatic rings. The lowest BCUT2D eigenvalue weighted by atomic mass is 10.2. The van der Waals surface area contributed by atoms with Gasteiger partial charge in [-0.05, 0) is 30.9 Å². The molecule has 2 aromatic carbocycles. The Hall–Kier alpha value is -2.35. The molecular weight excluding hydrogens is 355 g/mol. The summed E-state index contributed by atoms with van der Waals surface area (Å²) in [5, 5.41) is 22.7. The highest BCUT2D eigenvalue weighted by Crippen LogP contribution is 2.50. The number of rotatable bonds is 7. The fraction of sp³-hybridized carbons (Fsp3) is 0.143. The second-order valence-electron chi connectivity index (χ2n) is 4.51. The van der Waals surface area contributed by atoms with Crippen molar-refractivity contribution in [2.45, 2.75) is 6.92 Å². The maximum atomic E-state index is 11.2. The van der Waals surface area contributed by atoms with Crippen molar-refractivity contribution >= 4 is 35.0 Å². The van der Waals surface area contributed by atoms with E-state index in [4.69, 9.17) is 20.9 Å².